The second-order valence-corrected chi connectivity index (χ2v) is 7.26. The summed E-state index contributed by atoms with van der Waals surface area (Å²) in [5, 5.41) is 3.33. The number of benzene rings is 2. The fraction of sp³-hybridized carbons (Fsp3) is 0.300. The number of thioether (sulfide) groups is 1. The molecule has 0 atom stereocenters. The molecule has 4 nitrogen and oxygen atoms in total. The summed E-state index contributed by atoms with van der Waals surface area (Å²) in [6.07, 6.45) is 0.798. The van der Waals surface area contributed by atoms with E-state index in [1.807, 2.05) is 36.4 Å². The molecule has 0 aliphatic carbocycles. The van der Waals surface area contributed by atoms with E-state index in [1.165, 1.54) is 0 Å². The molecule has 7 heteroatoms. The van der Waals surface area contributed by atoms with Gasteiger partial charge in [0.05, 0.1) is 11.0 Å². The van der Waals surface area contributed by atoms with E-state index >= 15 is 0 Å². The molecule has 0 saturated carbocycles. The van der Waals surface area contributed by atoms with Crippen LogP contribution in [0.3, 0.4) is 0 Å². The number of para-hydroxylation sites is 2. The molecular weight excluding hydrogens is 368 g/mol. The Bertz CT molecular complexity index is 958. The predicted octanol–water partition coefficient (Wildman–Crippen LogP) is 4.20. The van der Waals surface area contributed by atoms with Crippen molar-refractivity contribution in [2.45, 2.75) is 37.1 Å². The van der Waals surface area contributed by atoms with Gasteiger partial charge in [0.15, 0.2) is 0 Å². The fourth-order valence-electron chi connectivity index (χ4n) is 2.93. The van der Waals surface area contributed by atoms with E-state index in [1.54, 1.807) is 23.6 Å². The highest BCUT2D eigenvalue weighted by atomic mass is 32.2. The van der Waals surface area contributed by atoms with Gasteiger partial charge in [-0.15, -0.1) is 0 Å². The van der Waals surface area contributed by atoms with Gasteiger partial charge in [-0.05, 0) is 49.7 Å². The van der Waals surface area contributed by atoms with Crippen LogP contribution in [-0.2, 0) is 13.1 Å². The molecule has 0 fully saturated rings. The van der Waals surface area contributed by atoms with Crippen LogP contribution in [0.2, 0.25) is 0 Å². The molecule has 0 radical (unpaired) electrons. The third-order valence-corrected chi connectivity index (χ3v) is 4.95. The van der Waals surface area contributed by atoms with Crippen LogP contribution < -0.4 is 10.9 Å². The number of nitrogens with one attached hydrogen (secondary N) is 1. The lowest BCUT2D eigenvalue weighted by molar-refractivity contribution is 0.252. The molecule has 3 rings (SSSR count). The number of rotatable bonds is 8. The number of aryl methyl sites for hydroxylation is 2. The maximum Gasteiger partial charge on any atom is 0.288 e. The Morgan fingerprint density at radius 2 is 1.89 bits per heavy atom. The topological polar surface area (TPSA) is 46.9 Å². The van der Waals surface area contributed by atoms with Crippen molar-refractivity contribution in [2.24, 2.45) is 0 Å². The molecule has 0 unspecified atom stereocenters. The Balaban J connectivity index is 1.53. The first-order valence-corrected chi connectivity index (χ1v) is 9.63. The summed E-state index contributed by atoms with van der Waals surface area (Å²) >= 11 is 0.549. The second kappa shape index (κ2) is 9.10. The van der Waals surface area contributed by atoms with Crippen molar-refractivity contribution in [3.63, 3.8) is 0 Å². The van der Waals surface area contributed by atoms with Crippen molar-refractivity contribution in [3.8, 4) is 0 Å². The van der Waals surface area contributed by atoms with E-state index in [0.717, 1.165) is 29.6 Å². The van der Waals surface area contributed by atoms with Gasteiger partial charge < -0.3 is 9.88 Å². The summed E-state index contributed by atoms with van der Waals surface area (Å²) in [5.74, 6) is -2.40. The highest BCUT2D eigenvalue weighted by Crippen LogP contribution is 2.25. The SMILES string of the molecule is Cc1nc2ccccc2n(CCCNCc2ccc(SC(F)F)cc2)c1=O. The largest absolute Gasteiger partial charge is 0.313 e. The minimum absolute atomic E-state index is 0.0548. The van der Waals surface area contributed by atoms with Crippen LogP contribution >= 0.6 is 11.8 Å². The Hall–Kier alpha value is -2.25. The molecule has 142 valence electrons. The van der Waals surface area contributed by atoms with Crippen LogP contribution in [0, 0.1) is 6.92 Å². The Labute approximate surface area is 160 Å². The van der Waals surface area contributed by atoms with Crippen molar-refractivity contribution in [1.82, 2.24) is 14.9 Å². The summed E-state index contributed by atoms with van der Waals surface area (Å²) in [5.41, 5.74) is 3.16. The van der Waals surface area contributed by atoms with Crippen LogP contribution in [0.4, 0.5) is 8.78 Å². The Kier molecular flexibility index (Phi) is 6.58. The van der Waals surface area contributed by atoms with E-state index < -0.39 is 5.76 Å². The molecule has 0 spiro atoms. The van der Waals surface area contributed by atoms with E-state index in [-0.39, 0.29) is 5.56 Å². The average Bonchev–Trinajstić information content (AvgIpc) is 2.65. The molecule has 2 aromatic carbocycles. The summed E-state index contributed by atoms with van der Waals surface area (Å²) in [6, 6.07) is 14.8. The number of alkyl halides is 2. The van der Waals surface area contributed by atoms with Crippen molar-refractivity contribution >= 4 is 22.8 Å². The number of fused-ring (bicyclic) bond motifs is 1. The Morgan fingerprint density at radius 3 is 2.63 bits per heavy atom. The third kappa shape index (κ3) is 5.14. The normalized spacial score (nSPS) is 11.4. The zero-order valence-corrected chi connectivity index (χ0v) is 15.8. The summed E-state index contributed by atoms with van der Waals surface area (Å²) in [4.78, 5) is 17.3. The number of hydrogen-bond donors (Lipinski definition) is 1. The number of aromatic nitrogens is 2. The highest BCUT2D eigenvalue weighted by Gasteiger charge is 2.07. The number of nitrogens with zero attached hydrogens (tertiary/aromatic N) is 2. The van der Waals surface area contributed by atoms with Crippen LogP contribution in [0.1, 0.15) is 17.7 Å². The van der Waals surface area contributed by atoms with Crippen LogP contribution in [0.25, 0.3) is 11.0 Å². The molecule has 1 N–H and O–H groups in total. The molecule has 1 heterocycles. The van der Waals surface area contributed by atoms with Gasteiger partial charge in [0, 0.05) is 18.0 Å². The van der Waals surface area contributed by atoms with E-state index in [2.05, 4.69) is 10.3 Å². The van der Waals surface area contributed by atoms with Gasteiger partial charge in [-0.25, -0.2) is 4.98 Å². The minimum atomic E-state index is -2.40. The van der Waals surface area contributed by atoms with Crippen molar-refractivity contribution < 1.29 is 8.78 Å². The first-order chi connectivity index (χ1) is 13.0. The quantitative estimate of drug-likeness (QED) is 0.463. The zero-order valence-electron chi connectivity index (χ0n) is 15.0. The van der Waals surface area contributed by atoms with E-state index in [9.17, 15) is 13.6 Å². The summed E-state index contributed by atoms with van der Waals surface area (Å²) in [7, 11) is 0. The second-order valence-electron chi connectivity index (χ2n) is 6.20. The van der Waals surface area contributed by atoms with Crippen LogP contribution in [0.5, 0.6) is 0 Å². The summed E-state index contributed by atoms with van der Waals surface area (Å²) < 4.78 is 26.4. The van der Waals surface area contributed by atoms with Crippen molar-refractivity contribution in [1.29, 1.82) is 0 Å². The lowest BCUT2D eigenvalue weighted by Gasteiger charge is -2.11. The van der Waals surface area contributed by atoms with Gasteiger partial charge in [0.2, 0.25) is 0 Å². The zero-order chi connectivity index (χ0) is 19.2. The fourth-order valence-corrected chi connectivity index (χ4v) is 3.42. The van der Waals surface area contributed by atoms with Crippen molar-refractivity contribution in [3.05, 3.63) is 70.1 Å². The molecule has 0 aliphatic heterocycles. The number of halogens is 2. The molecule has 0 amide bonds. The van der Waals surface area contributed by atoms with E-state index in [0.29, 0.717) is 35.4 Å². The monoisotopic (exact) mass is 389 g/mol. The number of hydrogen-bond acceptors (Lipinski definition) is 4. The molecule has 0 aliphatic rings. The molecule has 27 heavy (non-hydrogen) atoms. The molecule has 3 aromatic rings. The van der Waals surface area contributed by atoms with Gasteiger partial charge in [-0.2, -0.15) is 8.78 Å². The van der Waals surface area contributed by atoms with Gasteiger partial charge in [-0.3, -0.25) is 4.79 Å². The first kappa shape index (κ1) is 19.5. The van der Waals surface area contributed by atoms with Gasteiger partial charge in [0.1, 0.15) is 5.69 Å². The lowest BCUT2D eigenvalue weighted by atomic mass is 10.2. The van der Waals surface area contributed by atoms with Crippen LogP contribution in [-0.4, -0.2) is 21.9 Å². The minimum Gasteiger partial charge on any atom is -0.313 e. The maximum atomic E-state index is 12.4. The summed E-state index contributed by atoms with van der Waals surface area (Å²) in [6.45, 7) is 3.75. The standard InChI is InChI=1S/C20H21F2N3OS/c1-14-19(26)25(18-6-3-2-5-17(18)24-14)12-4-11-23-13-15-7-9-16(10-8-15)27-20(21)22/h2-3,5-10,20,23H,4,11-13H2,1H3. The Morgan fingerprint density at radius 1 is 1.15 bits per heavy atom. The van der Waals surface area contributed by atoms with Gasteiger partial charge in [-0.1, -0.05) is 36.0 Å². The molecule has 0 saturated heterocycles. The predicted molar refractivity (Wildman–Crippen MR) is 105 cm³/mol. The van der Waals surface area contributed by atoms with Crippen LogP contribution in [0.15, 0.2) is 58.2 Å². The van der Waals surface area contributed by atoms with Gasteiger partial charge in [0.25, 0.3) is 11.3 Å². The third-order valence-electron chi connectivity index (χ3n) is 4.23. The molecule has 0 bridgehead atoms. The molecule has 1 aromatic heterocycles. The van der Waals surface area contributed by atoms with Crippen molar-refractivity contribution in [2.75, 3.05) is 6.54 Å². The smallest absolute Gasteiger partial charge is 0.288 e. The van der Waals surface area contributed by atoms with E-state index in [4.69, 9.17) is 0 Å². The van der Waals surface area contributed by atoms with Gasteiger partial charge >= 0.3 is 0 Å². The highest BCUT2D eigenvalue weighted by molar-refractivity contribution is 7.99. The maximum absolute atomic E-state index is 12.4. The first-order valence-electron chi connectivity index (χ1n) is 8.75. The average molecular weight is 389 g/mol. The molecular formula is C20H21F2N3OS. The lowest BCUT2D eigenvalue weighted by Crippen LogP contribution is -2.26.